The van der Waals surface area contributed by atoms with E-state index in [1.54, 1.807) is 26.2 Å². The van der Waals surface area contributed by atoms with Crippen LogP contribution in [0.5, 0.6) is 5.75 Å². The number of nitrogens with one attached hydrogen (secondary N) is 2. The molecule has 1 aromatic carbocycles. The number of aliphatic hydroxyl groups is 1. The topological polar surface area (TPSA) is 118 Å². The molecule has 3 heterocycles. The molecule has 2 fully saturated rings. The third kappa shape index (κ3) is 6.34. The summed E-state index contributed by atoms with van der Waals surface area (Å²) in [6, 6.07) is 4.19. The molecule has 0 bridgehead atoms. The Hall–Kier alpha value is -3.31. The van der Waals surface area contributed by atoms with Crippen molar-refractivity contribution >= 4 is 28.4 Å². The Labute approximate surface area is 215 Å². The van der Waals surface area contributed by atoms with Crippen molar-refractivity contribution in [2.75, 3.05) is 48.4 Å². The monoisotopic (exact) mass is 511 g/mol. The van der Waals surface area contributed by atoms with Crippen LogP contribution in [0.4, 0.5) is 21.7 Å². The summed E-state index contributed by atoms with van der Waals surface area (Å²) >= 11 is 0. The number of rotatable bonds is 8. The van der Waals surface area contributed by atoms with Crippen LogP contribution in [-0.4, -0.2) is 75.6 Å². The molecule has 1 saturated carbocycles. The van der Waals surface area contributed by atoms with Gasteiger partial charge in [0.1, 0.15) is 17.6 Å². The van der Waals surface area contributed by atoms with Gasteiger partial charge in [-0.2, -0.15) is 4.39 Å². The van der Waals surface area contributed by atoms with Gasteiger partial charge in [-0.1, -0.05) is 0 Å². The third-order valence-electron chi connectivity index (χ3n) is 6.69. The maximum absolute atomic E-state index is 14.9. The molecule has 1 aliphatic carbocycles. The first-order chi connectivity index (χ1) is 17.9. The minimum atomic E-state index is -0.984. The second kappa shape index (κ2) is 11.0. The predicted molar refractivity (Wildman–Crippen MR) is 140 cm³/mol. The summed E-state index contributed by atoms with van der Waals surface area (Å²) in [4.78, 5) is 19.4. The van der Waals surface area contributed by atoms with Gasteiger partial charge in [0.25, 0.3) is 0 Å². The molecular formula is C26H34FN7O3. The number of fused-ring (bicyclic) bond motifs is 1. The van der Waals surface area contributed by atoms with Crippen molar-refractivity contribution in [2.45, 2.75) is 57.3 Å². The van der Waals surface area contributed by atoms with Crippen molar-refractivity contribution in [2.24, 2.45) is 0 Å². The first-order valence-corrected chi connectivity index (χ1v) is 12.8. The number of hydrogen-bond donors (Lipinski definition) is 3. The maximum atomic E-state index is 14.9. The first kappa shape index (κ1) is 25.3. The van der Waals surface area contributed by atoms with E-state index in [-0.39, 0.29) is 30.3 Å². The molecule has 11 heteroatoms. The number of aromatic nitrogens is 4. The molecule has 2 aliphatic rings. The fourth-order valence-corrected chi connectivity index (χ4v) is 4.71. The summed E-state index contributed by atoms with van der Waals surface area (Å²) in [7, 11) is 0. The largest absolute Gasteiger partial charge is 0.488 e. The number of benzene rings is 1. The number of anilines is 3. The van der Waals surface area contributed by atoms with E-state index < -0.39 is 11.4 Å². The Kier molecular flexibility index (Phi) is 7.52. The van der Waals surface area contributed by atoms with Gasteiger partial charge in [-0.25, -0.2) is 15.0 Å². The highest BCUT2D eigenvalue weighted by molar-refractivity contribution is 5.85. The van der Waals surface area contributed by atoms with Crippen molar-refractivity contribution in [1.82, 2.24) is 19.9 Å². The number of hydrogen-bond acceptors (Lipinski definition) is 10. The summed E-state index contributed by atoms with van der Waals surface area (Å²) in [5, 5.41) is 16.0. The lowest BCUT2D eigenvalue weighted by Gasteiger charge is -2.31. The van der Waals surface area contributed by atoms with Crippen LogP contribution in [0.1, 0.15) is 39.5 Å². The third-order valence-corrected chi connectivity index (χ3v) is 6.69. The van der Waals surface area contributed by atoms with E-state index in [4.69, 9.17) is 9.47 Å². The summed E-state index contributed by atoms with van der Waals surface area (Å²) in [6.45, 7) is 6.53. The molecule has 0 amide bonds. The maximum Gasteiger partial charge on any atom is 0.207 e. The number of nitrogens with zero attached hydrogens (tertiary/aromatic N) is 5. The molecule has 3 aromatic rings. The van der Waals surface area contributed by atoms with Crippen LogP contribution in [-0.2, 0) is 4.74 Å². The van der Waals surface area contributed by atoms with E-state index in [1.807, 2.05) is 0 Å². The van der Waals surface area contributed by atoms with Gasteiger partial charge in [0.2, 0.25) is 5.82 Å². The van der Waals surface area contributed by atoms with Crippen LogP contribution in [0.25, 0.3) is 11.0 Å². The Morgan fingerprint density at radius 2 is 1.78 bits per heavy atom. The van der Waals surface area contributed by atoms with E-state index in [0.717, 1.165) is 61.2 Å². The van der Waals surface area contributed by atoms with Crippen LogP contribution in [0.3, 0.4) is 0 Å². The van der Waals surface area contributed by atoms with E-state index in [9.17, 15) is 9.50 Å². The highest BCUT2D eigenvalue weighted by Gasteiger charge is 2.26. The van der Waals surface area contributed by atoms with Crippen LogP contribution in [0.15, 0.2) is 30.9 Å². The minimum absolute atomic E-state index is 0.0301. The Bertz CT molecular complexity index is 1210. The lowest BCUT2D eigenvalue weighted by molar-refractivity contribution is 0.0943. The SMILES string of the molecule is CC(C)(O)CNc1ncnc(N[C@H]2CC[C@@H](Oc3cc(N4CCOCC4)cc4nccnc34)CC2)c1F. The molecule has 198 valence electrons. The summed E-state index contributed by atoms with van der Waals surface area (Å²) in [6.07, 6.45) is 7.99. The van der Waals surface area contributed by atoms with Gasteiger partial charge in [0, 0.05) is 49.8 Å². The number of halogens is 1. The average Bonchev–Trinajstić information content (AvgIpc) is 2.90. The van der Waals surface area contributed by atoms with Crippen LogP contribution in [0.2, 0.25) is 0 Å². The van der Waals surface area contributed by atoms with Crippen molar-refractivity contribution in [1.29, 1.82) is 0 Å². The minimum Gasteiger partial charge on any atom is -0.488 e. The molecular weight excluding hydrogens is 477 g/mol. The van der Waals surface area contributed by atoms with Crippen molar-refractivity contribution in [3.63, 3.8) is 0 Å². The second-order valence-corrected chi connectivity index (χ2v) is 10.3. The number of morpholine rings is 1. The molecule has 37 heavy (non-hydrogen) atoms. The fourth-order valence-electron chi connectivity index (χ4n) is 4.71. The summed E-state index contributed by atoms with van der Waals surface area (Å²) in [5.74, 6) is 0.435. The lowest BCUT2D eigenvalue weighted by atomic mass is 9.93. The van der Waals surface area contributed by atoms with Gasteiger partial charge in [-0.05, 0) is 45.6 Å². The smallest absolute Gasteiger partial charge is 0.207 e. The van der Waals surface area contributed by atoms with Gasteiger partial charge < -0.3 is 30.1 Å². The molecule has 5 rings (SSSR count). The lowest BCUT2D eigenvalue weighted by Crippen LogP contribution is -2.36. The summed E-state index contributed by atoms with van der Waals surface area (Å²) in [5.41, 5.74) is 1.65. The number of ether oxygens (including phenoxy) is 2. The molecule has 0 unspecified atom stereocenters. The fraction of sp³-hybridized carbons (Fsp3) is 0.538. The highest BCUT2D eigenvalue weighted by Crippen LogP contribution is 2.33. The molecule has 0 atom stereocenters. The molecule has 3 N–H and O–H groups in total. The zero-order chi connectivity index (χ0) is 25.8. The Balaban J connectivity index is 1.22. The van der Waals surface area contributed by atoms with E-state index in [1.165, 1.54) is 6.33 Å². The van der Waals surface area contributed by atoms with Crippen molar-refractivity contribution in [3.8, 4) is 5.75 Å². The van der Waals surface area contributed by atoms with Gasteiger partial charge in [-0.15, -0.1) is 0 Å². The molecule has 10 nitrogen and oxygen atoms in total. The van der Waals surface area contributed by atoms with Crippen LogP contribution < -0.4 is 20.3 Å². The molecule has 0 radical (unpaired) electrons. The second-order valence-electron chi connectivity index (χ2n) is 10.3. The van der Waals surface area contributed by atoms with Crippen molar-refractivity contribution < 1.29 is 19.0 Å². The van der Waals surface area contributed by atoms with Gasteiger partial charge in [-0.3, -0.25) is 4.98 Å². The zero-order valence-corrected chi connectivity index (χ0v) is 21.3. The molecule has 2 aromatic heterocycles. The normalized spacial score (nSPS) is 20.6. The van der Waals surface area contributed by atoms with Crippen molar-refractivity contribution in [3.05, 3.63) is 36.7 Å². The standard InChI is InChI=1S/C26H34FN7O3/c1-26(2,35)15-30-24-22(27)25(32-16-31-24)33-17-3-5-19(6-4-17)37-21-14-18(34-9-11-36-12-10-34)13-20-23(21)29-8-7-28-20/h7-8,13-14,16-17,19,35H,3-6,9-12,15H2,1-2H3,(H2,30,31,32,33)/t17-,19+. The van der Waals surface area contributed by atoms with E-state index in [0.29, 0.717) is 13.2 Å². The van der Waals surface area contributed by atoms with Gasteiger partial charge in [0.05, 0.1) is 30.4 Å². The molecule has 0 spiro atoms. The van der Waals surface area contributed by atoms with Crippen LogP contribution >= 0.6 is 0 Å². The first-order valence-electron chi connectivity index (χ1n) is 12.8. The van der Waals surface area contributed by atoms with Gasteiger partial charge >= 0.3 is 0 Å². The van der Waals surface area contributed by atoms with Gasteiger partial charge in [0.15, 0.2) is 11.6 Å². The molecule has 1 aliphatic heterocycles. The molecule has 1 saturated heterocycles. The predicted octanol–water partition coefficient (Wildman–Crippen LogP) is 3.38. The zero-order valence-electron chi connectivity index (χ0n) is 21.3. The van der Waals surface area contributed by atoms with E-state index in [2.05, 4.69) is 47.6 Å². The van der Waals surface area contributed by atoms with E-state index >= 15 is 0 Å². The summed E-state index contributed by atoms with van der Waals surface area (Å²) < 4.78 is 26.9. The quantitative estimate of drug-likeness (QED) is 0.415. The Morgan fingerprint density at radius 3 is 2.54 bits per heavy atom. The average molecular weight is 512 g/mol. The highest BCUT2D eigenvalue weighted by atomic mass is 19.1. The van der Waals surface area contributed by atoms with Crippen LogP contribution in [0, 0.1) is 5.82 Å². The Morgan fingerprint density at radius 1 is 1.05 bits per heavy atom.